The normalized spacial score (nSPS) is 14.8. The predicted octanol–water partition coefficient (Wildman–Crippen LogP) is 7.16. The number of hydrogen-bond donors (Lipinski definition) is 0. The van der Waals surface area contributed by atoms with Crippen molar-refractivity contribution in [2.45, 2.75) is 0 Å². The first-order chi connectivity index (χ1) is 18.0. The van der Waals surface area contributed by atoms with Gasteiger partial charge in [0.15, 0.2) is 46.5 Å². The molecule has 0 saturated heterocycles. The van der Waals surface area contributed by atoms with Crippen molar-refractivity contribution in [1.29, 1.82) is 10.5 Å². The maximum absolute atomic E-state index is 15.0. The molecule has 0 fully saturated rings. The first kappa shape index (κ1) is 24.2. The monoisotopic (exact) mass is 522 g/mol. The predicted molar refractivity (Wildman–Crippen MR) is 113 cm³/mol. The Hall–Kier alpha value is -5.46. The molecule has 38 heavy (non-hydrogen) atoms. The number of fused-ring (bicyclic) bond motifs is 6. The van der Waals surface area contributed by atoms with Gasteiger partial charge in [0.2, 0.25) is 0 Å². The molecule has 2 aliphatic carbocycles. The minimum absolute atomic E-state index is 0.452. The van der Waals surface area contributed by atoms with E-state index in [4.69, 9.17) is 13.1 Å². The lowest BCUT2D eigenvalue weighted by Crippen LogP contribution is -2.03. The molecule has 3 aromatic rings. The average molecular weight is 522 g/mol. The molecule has 0 amide bonds. The van der Waals surface area contributed by atoms with Crippen LogP contribution in [0.25, 0.3) is 43.1 Å². The van der Waals surface area contributed by atoms with Crippen LogP contribution < -0.4 is 0 Å². The summed E-state index contributed by atoms with van der Waals surface area (Å²) >= 11 is 0. The van der Waals surface area contributed by atoms with Crippen molar-refractivity contribution in [3.8, 4) is 34.4 Å². The van der Waals surface area contributed by atoms with Crippen molar-refractivity contribution < 1.29 is 35.1 Å². The summed E-state index contributed by atoms with van der Waals surface area (Å²) in [6.07, 6.45) is 0. The largest absolute Gasteiger partial charge is 0.270 e. The summed E-state index contributed by atoms with van der Waals surface area (Å²) in [6, 6.07) is 4.46. The van der Waals surface area contributed by atoms with E-state index in [1.807, 2.05) is 0 Å². The van der Waals surface area contributed by atoms with Gasteiger partial charge in [-0.15, -0.1) is 0 Å². The number of allylic oxidation sites excluding steroid dienone is 2. The van der Waals surface area contributed by atoms with Crippen LogP contribution in [-0.2, 0) is 0 Å². The summed E-state index contributed by atoms with van der Waals surface area (Å²) in [5, 5.41) is 18.8. The van der Waals surface area contributed by atoms with Crippen LogP contribution in [0.3, 0.4) is 0 Å². The Morgan fingerprint density at radius 1 is 0.500 bits per heavy atom. The van der Waals surface area contributed by atoms with Crippen molar-refractivity contribution in [3.05, 3.63) is 115 Å². The third kappa shape index (κ3) is 2.74. The van der Waals surface area contributed by atoms with Gasteiger partial charge < -0.3 is 0 Å². The maximum atomic E-state index is 15.0. The molecule has 0 unspecified atom stereocenters. The molecule has 12 heteroatoms. The summed E-state index contributed by atoms with van der Waals surface area (Å²) in [7, 11) is 0. The van der Waals surface area contributed by atoms with Crippen LogP contribution in [0.1, 0.15) is 22.3 Å². The van der Waals surface area contributed by atoms with Crippen LogP contribution in [0.5, 0.6) is 0 Å². The molecule has 0 radical (unpaired) electrons. The number of rotatable bonds is 0. The van der Waals surface area contributed by atoms with E-state index in [1.54, 1.807) is 0 Å². The van der Waals surface area contributed by atoms with Crippen LogP contribution in [-0.4, -0.2) is 0 Å². The third-order valence-corrected chi connectivity index (χ3v) is 6.18. The molecule has 0 N–H and O–H groups in total. The Kier molecular flexibility index (Phi) is 5.12. The van der Waals surface area contributed by atoms with Crippen molar-refractivity contribution in [2.75, 3.05) is 0 Å². The fraction of sp³-hybridized carbons (Fsp3) is 0. The smallest absolute Gasteiger partial charge is 0.226 e. The highest BCUT2D eigenvalue weighted by Crippen LogP contribution is 2.56. The van der Waals surface area contributed by atoms with E-state index in [-0.39, 0.29) is 0 Å². The molecule has 4 nitrogen and oxygen atoms in total. The SMILES string of the molecule is [C-]#[N+]/C(C#N)=C1/c2cc3c(cc2-c2c(F)c(F)c(F)c(F)c21)/C(=C(/C#N)[N+]#[C-])c1c(F)c(F)c(F)c(F)c1-3. The van der Waals surface area contributed by atoms with Crippen LogP contribution >= 0.6 is 0 Å². The van der Waals surface area contributed by atoms with Gasteiger partial charge in [0, 0.05) is 33.4 Å². The van der Waals surface area contributed by atoms with Gasteiger partial charge in [-0.2, -0.15) is 0 Å². The van der Waals surface area contributed by atoms with E-state index in [0.29, 0.717) is 0 Å². The van der Waals surface area contributed by atoms with E-state index >= 15 is 8.78 Å². The highest BCUT2D eigenvalue weighted by molar-refractivity contribution is 6.11. The molecule has 5 rings (SSSR count). The quantitative estimate of drug-likeness (QED) is 0.0713. The van der Waals surface area contributed by atoms with Gasteiger partial charge in [0.1, 0.15) is 0 Å². The van der Waals surface area contributed by atoms with Crippen LogP contribution in [0.4, 0.5) is 35.1 Å². The van der Waals surface area contributed by atoms with E-state index < -0.39 is 114 Å². The van der Waals surface area contributed by atoms with Crippen LogP contribution in [0.15, 0.2) is 23.5 Å². The molecule has 0 aliphatic heterocycles. The van der Waals surface area contributed by atoms with E-state index in [2.05, 4.69) is 9.69 Å². The topological polar surface area (TPSA) is 56.3 Å². The highest BCUT2D eigenvalue weighted by atomic mass is 19.2. The minimum atomic E-state index is -2.25. The number of halogens is 8. The molecule has 0 saturated carbocycles. The second kappa shape index (κ2) is 8.03. The van der Waals surface area contributed by atoms with Crippen LogP contribution in [0.2, 0.25) is 0 Å². The molecular formula is C26H2F8N4. The summed E-state index contributed by atoms with van der Waals surface area (Å²) in [4.78, 5) is 5.80. The molecule has 3 aromatic carbocycles. The summed E-state index contributed by atoms with van der Waals surface area (Å²) in [5.74, 6) is -16.8. The maximum Gasteiger partial charge on any atom is 0.270 e. The molecule has 0 bridgehead atoms. The fourth-order valence-electron chi connectivity index (χ4n) is 4.70. The lowest BCUT2D eigenvalue weighted by molar-refractivity contribution is 0.410. The number of nitrogens with zero attached hydrogens (tertiary/aromatic N) is 4. The lowest BCUT2D eigenvalue weighted by Gasteiger charge is -2.09. The average Bonchev–Trinajstić information content (AvgIpc) is 3.42. The summed E-state index contributed by atoms with van der Waals surface area (Å²) in [5.41, 5.74) is -9.14. The minimum Gasteiger partial charge on any atom is -0.226 e. The Morgan fingerprint density at radius 2 is 0.789 bits per heavy atom. The van der Waals surface area contributed by atoms with Gasteiger partial charge in [-0.3, -0.25) is 0 Å². The Balaban J connectivity index is 2.06. The highest BCUT2D eigenvalue weighted by Gasteiger charge is 2.41. The van der Waals surface area contributed by atoms with Gasteiger partial charge in [-0.05, 0) is 34.4 Å². The zero-order chi connectivity index (χ0) is 27.8. The van der Waals surface area contributed by atoms with Gasteiger partial charge in [-0.25, -0.2) is 55.3 Å². The second-order valence-electron chi connectivity index (χ2n) is 7.85. The van der Waals surface area contributed by atoms with Crippen molar-refractivity contribution >= 4 is 11.1 Å². The summed E-state index contributed by atoms with van der Waals surface area (Å²) < 4.78 is 117. The first-order valence-corrected chi connectivity index (χ1v) is 10.0. The van der Waals surface area contributed by atoms with E-state index in [0.717, 1.165) is 12.1 Å². The fourth-order valence-corrected chi connectivity index (χ4v) is 4.70. The summed E-state index contributed by atoms with van der Waals surface area (Å²) in [6.45, 7) is 14.5. The standard InChI is InChI=1S/C26H2F8N4/c1-37-11(5-35)13-7-3-10-8(4-9(7)15-17(13)21(29)25(33)23(31)19(15)27)14(12(6-36)38-2)18-16(10)20(28)24(32)26(34)22(18)30/h3-4H/b13-11-,14-12+. The molecular weight excluding hydrogens is 520 g/mol. The number of benzene rings is 3. The Bertz CT molecular complexity index is 1770. The molecule has 2 aliphatic rings. The first-order valence-electron chi connectivity index (χ1n) is 10.0. The van der Waals surface area contributed by atoms with Crippen molar-refractivity contribution in [1.82, 2.24) is 0 Å². The molecule has 182 valence electrons. The molecule has 0 spiro atoms. The number of hydrogen-bond acceptors (Lipinski definition) is 2. The molecule has 0 heterocycles. The van der Waals surface area contributed by atoms with Gasteiger partial charge >= 0.3 is 0 Å². The van der Waals surface area contributed by atoms with Gasteiger partial charge in [0.05, 0.1) is 25.3 Å². The molecule has 0 aromatic heterocycles. The second-order valence-corrected chi connectivity index (χ2v) is 7.85. The third-order valence-electron chi connectivity index (χ3n) is 6.18. The van der Waals surface area contributed by atoms with Gasteiger partial charge in [-0.1, -0.05) is 0 Å². The zero-order valence-corrected chi connectivity index (χ0v) is 18.0. The van der Waals surface area contributed by atoms with E-state index in [1.165, 1.54) is 12.1 Å². The van der Waals surface area contributed by atoms with Gasteiger partial charge in [0.25, 0.3) is 11.4 Å². The van der Waals surface area contributed by atoms with E-state index in [9.17, 15) is 36.9 Å². The Morgan fingerprint density at radius 3 is 1.05 bits per heavy atom. The Labute approximate surface area is 206 Å². The lowest BCUT2D eigenvalue weighted by atomic mass is 9.94. The van der Waals surface area contributed by atoms with Crippen molar-refractivity contribution in [3.63, 3.8) is 0 Å². The van der Waals surface area contributed by atoms with Crippen LogP contribution in [0, 0.1) is 82.3 Å². The van der Waals surface area contributed by atoms with Crippen molar-refractivity contribution in [2.24, 2.45) is 0 Å². The number of nitriles is 2. The molecule has 0 atom stereocenters. The zero-order valence-electron chi connectivity index (χ0n) is 18.0.